The molecule has 0 saturated carbocycles. The van der Waals surface area contributed by atoms with Crippen molar-refractivity contribution >= 4 is 23.4 Å². The van der Waals surface area contributed by atoms with Crippen molar-refractivity contribution in [2.24, 2.45) is 0 Å². The highest BCUT2D eigenvalue weighted by atomic mass is 16.6. The Kier molecular flexibility index (Phi) is 7.37. The molecule has 1 N–H and O–H groups in total. The van der Waals surface area contributed by atoms with Crippen molar-refractivity contribution in [1.29, 1.82) is 0 Å². The molecule has 3 aromatic carbocycles. The van der Waals surface area contributed by atoms with Crippen LogP contribution in [0, 0.1) is 10.1 Å². The first-order valence-corrected chi connectivity index (χ1v) is 9.79. The van der Waals surface area contributed by atoms with Crippen LogP contribution in [0.5, 0.6) is 17.2 Å². The Labute approximate surface area is 180 Å². The highest BCUT2D eigenvalue weighted by molar-refractivity contribution is 6.02. The van der Waals surface area contributed by atoms with E-state index in [-0.39, 0.29) is 11.4 Å². The van der Waals surface area contributed by atoms with Crippen LogP contribution in [0.25, 0.3) is 6.08 Å². The van der Waals surface area contributed by atoms with Crippen molar-refractivity contribution < 1.29 is 19.2 Å². The topological polar surface area (TPSA) is 90.7 Å². The average Bonchev–Trinajstić information content (AvgIpc) is 2.78. The van der Waals surface area contributed by atoms with Gasteiger partial charge in [-0.2, -0.15) is 0 Å². The maximum absolute atomic E-state index is 12.4. The Morgan fingerprint density at radius 3 is 2.52 bits per heavy atom. The summed E-state index contributed by atoms with van der Waals surface area (Å²) in [6, 6.07) is 20.9. The van der Waals surface area contributed by atoms with Crippen molar-refractivity contribution in [3.63, 3.8) is 0 Å². The standard InChI is InChI=1S/C24H22N2O5/c1-2-16-30-23-14-12-18(17-21(23)26(28)29)13-15-24(27)25-20-10-6-7-11-22(20)31-19-8-4-3-5-9-19/h3-15,17H,2,16H2,1H3,(H,25,27)/b15-13+. The molecule has 0 spiro atoms. The molecule has 0 aliphatic carbocycles. The fourth-order valence-corrected chi connectivity index (χ4v) is 2.74. The second-order valence-electron chi connectivity index (χ2n) is 6.57. The summed E-state index contributed by atoms with van der Waals surface area (Å²) in [6.07, 6.45) is 3.56. The number of anilines is 1. The molecule has 0 saturated heterocycles. The number of nitrogens with zero attached hydrogens (tertiary/aromatic N) is 1. The highest BCUT2D eigenvalue weighted by Gasteiger charge is 2.15. The minimum absolute atomic E-state index is 0.141. The summed E-state index contributed by atoms with van der Waals surface area (Å²) in [6.45, 7) is 2.31. The Balaban J connectivity index is 1.71. The molecule has 0 aliphatic heterocycles. The van der Waals surface area contributed by atoms with Gasteiger partial charge in [-0.05, 0) is 48.4 Å². The molecule has 31 heavy (non-hydrogen) atoms. The first-order chi connectivity index (χ1) is 15.1. The molecule has 0 heterocycles. The van der Waals surface area contributed by atoms with Gasteiger partial charge in [-0.15, -0.1) is 0 Å². The van der Waals surface area contributed by atoms with Crippen LogP contribution in [-0.2, 0) is 4.79 Å². The van der Waals surface area contributed by atoms with E-state index in [2.05, 4.69) is 5.32 Å². The lowest BCUT2D eigenvalue weighted by molar-refractivity contribution is -0.385. The van der Waals surface area contributed by atoms with Gasteiger partial charge in [0.2, 0.25) is 5.91 Å². The summed E-state index contributed by atoms with van der Waals surface area (Å²) in [5.41, 5.74) is 0.882. The van der Waals surface area contributed by atoms with E-state index in [1.54, 1.807) is 24.3 Å². The van der Waals surface area contributed by atoms with Gasteiger partial charge in [0.1, 0.15) is 5.75 Å². The van der Waals surface area contributed by atoms with E-state index in [9.17, 15) is 14.9 Å². The summed E-state index contributed by atoms with van der Waals surface area (Å²) in [5, 5.41) is 14.1. The molecule has 7 nitrogen and oxygen atoms in total. The summed E-state index contributed by atoms with van der Waals surface area (Å²) in [4.78, 5) is 23.2. The number of nitro groups is 1. The second kappa shape index (κ2) is 10.6. The van der Waals surface area contributed by atoms with Crippen molar-refractivity contribution in [2.45, 2.75) is 13.3 Å². The maximum Gasteiger partial charge on any atom is 0.311 e. The van der Waals surface area contributed by atoms with E-state index in [0.29, 0.717) is 29.4 Å². The zero-order valence-corrected chi connectivity index (χ0v) is 17.0. The van der Waals surface area contributed by atoms with Crippen LogP contribution in [-0.4, -0.2) is 17.4 Å². The molecule has 0 aliphatic rings. The third-order valence-electron chi connectivity index (χ3n) is 4.18. The predicted octanol–water partition coefficient (Wildman–Crippen LogP) is 5.83. The van der Waals surface area contributed by atoms with Crippen LogP contribution in [0.15, 0.2) is 78.9 Å². The minimum atomic E-state index is -0.500. The number of hydrogen-bond donors (Lipinski definition) is 1. The lowest BCUT2D eigenvalue weighted by Crippen LogP contribution is -2.08. The van der Waals surface area contributed by atoms with Crippen LogP contribution >= 0.6 is 0 Å². The molecule has 0 atom stereocenters. The van der Waals surface area contributed by atoms with Gasteiger partial charge < -0.3 is 14.8 Å². The van der Waals surface area contributed by atoms with Crippen LogP contribution in [0.1, 0.15) is 18.9 Å². The van der Waals surface area contributed by atoms with Crippen LogP contribution in [0.4, 0.5) is 11.4 Å². The molecular formula is C24H22N2O5. The average molecular weight is 418 g/mol. The zero-order chi connectivity index (χ0) is 22.1. The number of carbonyl (C=O) groups is 1. The second-order valence-corrected chi connectivity index (χ2v) is 6.57. The molecule has 0 unspecified atom stereocenters. The number of hydrogen-bond acceptors (Lipinski definition) is 5. The zero-order valence-electron chi connectivity index (χ0n) is 17.0. The van der Waals surface area contributed by atoms with E-state index >= 15 is 0 Å². The van der Waals surface area contributed by atoms with Gasteiger partial charge in [0.15, 0.2) is 11.5 Å². The van der Waals surface area contributed by atoms with E-state index in [0.717, 1.165) is 6.42 Å². The number of benzene rings is 3. The first kappa shape index (κ1) is 21.6. The number of amides is 1. The molecular weight excluding hydrogens is 396 g/mol. The SMILES string of the molecule is CCCOc1ccc(/C=C/C(=O)Nc2ccccc2Oc2ccccc2)cc1[N+](=O)[O-]. The van der Waals surface area contributed by atoms with E-state index in [4.69, 9.17) is 9.47 Å². The lowest BCUT2D eigenvalue weighted by Gasteiger charge is -2.11. The van der Waals surface area contributed by atoms with E-state index in [1.165, 1.54) is 24.3 Å². The monoisotopic (exact) mass is 418 g/mol. The summed E-state index contributed by atoms with van der Waals surface area (Å²) in [5.74, 6) is 0.972. The van der Waals surface area contributed by atoms with Gasteiger partial charge in [0, 0.05) is 12.1 Å². The number of carbonyl (C=O) groups excluding carboxylic acids is 1. The summed E-state index contributed by atoms with van der Waals surface area (Å²) >= 11 is 0. The number of para-hydroxylation sites is 3. The number of rotatable bonds is 9. The molecule has 158 valence electrons. The van der Waals surface area contributed by atoms with Gasteiger partial charge in [0.25, 0.3) is 0 Å². The van der Waals surface area contributed by atoms with Crippen molar-refractivity contribution in [3.05, 3.63) is 94.6 Å². The molecule has 3 rings (SSSR count). The van der Waals surface area contributed by atoms with E-state index in [1.807, 2.05) is 43.3 Å². The van der Waals surface area contributed by atoms with Crippen LogP contribution in [0.2, 0.25) is 0 Å². The number of nitrogens with one attached hydrogen (secondary N) is 1. The molecule has 0 radical (unpaired) electrons. The van der Waals surface area contributed by atoms with Crippen molar-refractivity contribution in [2.75, 3.05) is 11.9 Å². The van der Waals surface area contributed by atoms with Gasteiger partial charge in [-0.3, -0.25) is 14.9 Å². The molecule has 7 heteroatoms. The summed E-state index contributed by atoms with van der Waals surface area (Å²) in [7, 11) is 0. The Morgan fingerprint density at radius 2 is 1.77 bits per heavy atom. The lowest BCUT2D eigenvalue weighted by atomic mass is 10.1. The largest absolute Gasteiger partial charge is 0.487 e. The van der Waals surface area contributed by atoms with Crippen LogP contribution in [0.3, 0.4) is 0 Å². The van der Waals surface area contributed by atoms with Gasteiger partial charge in [-0.1, -0.05) is 43.3 Å². The van der Waals surface area contributed by atoms with Gasteiger partial charge in [0.05, 0.1) is 17.2 Å². The highest BCUT2D eigenvalue weighted by Crippen LogP contribution is 2.30. The van der Waals surface area contributed by atoms with Gasteiger partial charge in [-0.25, -0.2) is 0 Å². The third-order valence-corrected chi connectivity index (χ3v) is 4.18. The quantitative estimate of drug-likeness (QED) is 0.268. The fourth-order valence-electron chi connectivity index (χ4n) is 2.74. The predicted molar refractivity (Wildman–Crippen MR) is 120 cm³/mol. The maximum atomic E-state index is 12.4. The van der Waals surface area contributed by atoms with Crippen molar-refractivity contribution in [3.8, 4) is 17.2 Å². The number of ether oxygens (including phenoxy) is 2. The van der Waals surface area contributed by atoms with Crippen LogP contribution < -0.4 is 14.8 Å². The van der Waals surface area contributed by atoms with Crippen molar-refractivity contribution in [1.82, 2.24) is 0 Å². The Morgan fingerprint density at radius 1 is 1.03 bits per heavy atom. The smallest absolute Gasteiger partial charge is 0.311 e. The number of nitro benzene ring substituents is 1. The first-order valence-electron chi connectivity index (χ1n) is 9.79. The molecule has 1 amide bonds. The minimum Gasteiger partial charge on any atom is -0.487 e. The molecule has 3 aromatic rings. The fraction of sp³-hybridized carbons (Fsp3) is 0.125. The Hall–Kier alpha value is -4.13. The van der Waals surface area contributed by atoms with Gasteiger partial charge >= 0.3 is 5.69 Å². The normalized spacial score (nSPS) is 10.6. The molecule has 0 fully saturated rings. The Bertz CT molecular complexity index is 1080. The third kappa shape index (κ3) is 6.17. The summed E-state index contributed by atoms with van der Waals surface area (Å²) < 4.78 is 11.2. The van der Waals surface area contributed by atoms with E-state index < -0.39 is 10.8 Å². The molecule has 0 bridgehead atoms. The molecule has 0 aromatic heterocycles.